The van der Waals surface area contributed by atoms with Gasteiger partial charge in [0.15, 0.2) is 12.4 Å². The van der Waals surface area contributed by atoms with Crippen molar-refractivity contribution in [2.75, 3.05) is 72.9 Å². The molecule has 3 saturated heterocycles. The third kappa shape index (κ3) is 7.79. The average Bonchev–Trinajstić information content (AvgIpc) is 4.08. The molecule has 1 aliphatic carbocycles. The Labute approximate surface area is 366 Å². The largest absolute Gasteiger partial charge is 0.480 e. The van der Waals surface area contributed by atoms with E-state index in [-0.39, 0.29) is 46.8 Å². The van der Waals surface area contributed by atoms with Crippen molar-refractivity contribution in [3.05, 3.63) is 63.7 Å². The fraction of sp³-hybridized carbons (Fsp3) is 0.500. The molecule has 4 N–H and O–H groups in total. The summed E-state index contributed by atoms with van der Waals surface area (Å²) in [4.78, 5) is 53.8. The zero-order chi connectivity index (χ0) is 43.7. The van der Waals surface area contributed by atoms with E-state index in [1.807, 2.05) is 17.8 Å². The number of imide groups is 1. The standard InChI is InChI=1S/C44H50ClF2N11O5/c1-54-33-9-5-26(17-31(33)37-38(42(54)62)63-23-44(46,47)39(51-37)25-3-4-25)49-40-32(45)19-48-43(52-40)58-16-15-57(28(21-58)22-59)20-24-11-13-56(14-12-24)27-6-7-29-34(18-27)55(2)53-36(29)30-8-10-35(60)50-41(30)61/h5-7,9,17-19,24-25,28,30,39,51,59H,3-4,8,10-16,20-23H2,1-2H3,(H,48,49,52)(H,50,60,61). The smallest absolute Gasteiger partial charge is 0.301 e. The first-order chi connectivity index (χ1) is 30.3. The van der Waals surface area contributed by atoms with Gasteiger partial charge in [-0.05, 0) is 80.3 Å². The number of piperazine rings is 1. The van der Waals surface area contributed by atoms with Crippen LogP contribution in [0.15, 0.2) is 47.4 Å². The number of benzene rings is 2. The average molecular weight is 886 g/mol. The molecule has 3 aromatic heterocycles. The van der Waals surface area contributed by atoms with Crippen LogP contribution in [0, 0.1) is 11.8 Å². The number of aliphatic hydroxyl groups excluding tert-OH is 1. The fourth-order valence-electron chi connectivity index (χ4n) is 9.90. The van der Waals surface area contributed by atoms with Gasteiger partial charge in [-0.2, -0.15) is 10.1 Å². The zero-order valence-electron chi connectivity index (χ0n) is 35.1. The van der Waals surface area contributed by atoms with Gasteiger partial charge in [0.05, 0.1) is 53.2 Å². The quantitative estimate of drug-likeness (QED) is 0.150. The highest BCUT2D eigenvalue weighted by atomic mass is 35.5. The summed E-state index contributed by atoms with van der Waals surface area (Å²) >= 11 is 6.64. The minimum atomic E-state index is -3.15. The van der Waals surface area contributed by atoms with Crippen LogP contribution in [-0.2, 0) is 23.7 Å². The summed E-state index contributed by atoms with van der Waals surface area (Å²) in [7, 11) is 3.48. The highest BCUT2D eigenvalue weighted by Gasteiger charge is 2.51. The Hall–Kier alpha value is -5.59. The van der Waals surface area contributed by atoms with Crippen molar-refractivity contribution in [2.24, 2.45) is 25.9 Å². The van der Waals surface area contributed by atoms with Gasteiger partial charge >= 0.3 is 5.92 Å². The number of anilines is 5. The molecule has 3 atom stereocenters. The SMILES string of the molecule is Cn1nc(C2CCC(=O)NC2=O)c2ccc(N3CCC(CN4CCN(c5ncc(Cl)c(Nc6ccc7c(c6)c6c(c(=O)n7C)OCC(F)(F)C(C7CC7)N6)n5)CC4CO)CC3)cc21. The minimum Gasteiger partial charge on any atom is -0.480 e. The maximum atomic E-state index is 15.2. The molecule has 7 heterocycles. The van der Waals surface area contributed by atoms with Crippen molar-refractivity contribution in [1.82, 2.24) is 34.5 Å². The lowest BCUT2D eigenvalue weighted by Crippen LogP contribution is -2.56. The van der Waals surface area contributed by atoms with E-state index in [9.17, 15) is 19.5 Å². The van der Waals surface area contributed by atoms with Crippen LogP contribution in [0.5, 0.6) is 5.75 Å². The Kier molecular flexibility index (Phi) is 10.6. The van der Waals surface area contributed by atoms with Crippen molar-refractivity contribution in [3.8, 4) is 5.75 Å². The van der Waals surface area contributed by atoms with Crippen LogP contribution in [0.1, 0.15) is 50.1 Å². The second kappa shape index (κ2) is 16.2. The Morgan fingerprint density at radius 3 is 2.54 bits per heavy atom. The van der Waals surface area contributed by atoms with Crippen LogP contribution in [-0.4, -0.2) is 117 Å². The predicted molar refractivity (Wildman–Crippen MR) is 236 cm³/mol. The molecule has 3 unspecified atom stereocenters. The number of aliphatic hydroxyl groups is 1. The molecule has 19 heteroatoms. The molecule has 16 nitrogen and oxygen atoms in total. The van der Waals surface area contributed by atoms with Crippen LogP contribution < -0.4 is 36.0 Å². The summed E-state index contributed by atoms with van der Waals surface area (Å²) in [5.74, 6) is -3.17. The summed E-state index contributed by atoms with van der Waals surface area (Å²) in [6.45, 7) is 3.66. The summed E-state index contributed by atoms with van der Waals surface area (Å²) in [5, 5.41) is 25.8. The number of ether oxygens (including phenoxy) is 1. The van der Waals surface area contributed by atoms with Crippen LogP contribution in [0.25, 0.3) is 21.8 Å². The van der Waals surface area contributed by atoms with E-state index in [1.54, 1.807) is 25.2 Å². The lowest BCUT2D eigenvalue weighted by molar-refractivity contribution is -0.134. The summed E-state index contributed by atoms with van der Waals surface area (Å²) in [5.41, 5.74) is 3.67. The number of aryl methyl sites for hydroxylation is 2. The molecule has 10 rings (SSSR count). The number of nitrogens with one attached hydrogen (secondary N) is 3. The van der Waals surface area contributed by atoms with E-state index in [0.717, 1.165) is 55.6 Å². The molecule has 5 aromatic rings. The lowest BCUT2D eigenvalue weighted by atomic mass is 9.92. The van der Waals surface area contributed by atoms with Gasteiger partial charge < -0.3 is 34.8 Å². The number of fused-ring (bicyclic) bond motifs is 4. The number of piperidine rings is 2. The molecule has 63 heavy (non-hydrogen) atoms. The fourth-order valence-corrected chi connectivity index (χ4v) is 10.0. The molecule has 332 valence electrons. The van der Waals surface area contributed by atoms with Gasteiger partial charge in [0.1, 0.15) is 5.02 Å². The normalized spacial score (nSPS) is 23.3. The lowest BCUT2D eigenvalue weighted by Gasteiger charge is -2.43. The highest BCUT2D eigenvalue weighted by molar-refractivity contribution is 6.33. The number of amides is 2. The molecule has 4 fully saturated rings. The van der Waals surface area contributed by atoms with E-state index in [0.29, 0.717) is 78.7 Å². The molecule has 1 saturated carbocycles. The molecule has 0 bridgehead atoms. The number of carbonyl (C=O) groups is 2. The van der Waals surface area contributed by atoms with E-state index >= 15 is 8.78 Å². The Bertz CT molecular complexity index is 2680. The number of carbonyl (C=O) groups excluding carboxylic acids is 2. The van der Waals surface area contributed by atoms with Crippen LogP contribution in [0.4, 0.5) is 37.6 Å². The van der Waals surface area contributed by atoms with Gasteiger partial charge in [0.2, 0.25) is 23.5 Å². The first-order valence-electron chi connectivity index (χ1n) is 21.7. The molecular weight excluding hydrogens is 836 g/mol. The number of rotatable bonds is 9. The van der Waals surface area contributed by atoms with Crippen LogP contribution >= 0.6 is 11.6 Å². The summed E-state index contributed by atoms with van der Waals surface area (Å²) < 4.78 is 39.1. The van der Waals surface area contributed by atoms with Crippen molar-refractivity contribution in [2.45, 2.75) is 62.4 Å². The van der Waals surface area contributed by atoms with E-state index in [1.165, 1.54) is 10.8 Å². The number of nitrogens with zero attached hydrogens (tertiary/aromatic N) is 8. The number of hydrogen-bond acceptors (Lipinski definition) is 13. The van der Waals surface area contributed by atoms with Crippen LogP contribution in [0.3, 0.4) is 0 Å². The van der Waals surface area contributed by atoms with Gasteiger partial charge in [-0.1, -0.05) is 11.6 Å². The minimum absolute atomic E-state index is 0.0191. The first kappa shape index (κ1) is 41.4. The summed E-state index contributed by atoms with van der Waals surface area (Å²) in [6.07, 6.45) is 5.69. The van der Waals surface area contributed by atoms with Crippen molar-refractivity contribution >= 4 is 74.0 Å². The van der Waals surface area contributed by atoms with Gasteiger partial charge in [-0.25, -0.2) is 13.8 Å². The highest BCUT2D eigenvalue weighted by Crippen LogP contribution is 2.46. The second-order valence-corrected chi connectivity index (χ2v) is 18.1. The van der Waals surface area contributed by atoms with Crippen LogP contribution in [0.2, 0.25) is 5.02 Å². The zero-order valence-corrected chi connectivity index (χ0v) is 35.9. The molecule has 5 aliphatic rings. The first-order valence-corrected chi connectivity index (χ1v) is 22.1. The summed E-state index contributed by atoms with van der Waals surface area (Å²) in [6, 6.07) is 10.3. The van der Waals surface area contributed by atoms with Gasteiger partial charge in [-0.15, -0.1) is 0 Å². The molecule has 0 spiro atoms. The predicted octanol–water partition coefficient (Wildman–Crippen LogP) is 4.75. The molecule has 4 aliphatic heterocycles. The van der Waals surface area contributed by atoms with E-state index < -0.39 is 30.0 Å². The van der Waals surface area contributed by atoms with Gasteiger partial charge in [-0.3, -0.25) is 29.3 Å². The van der Waals surface area contributed by atoms with Crippen molar-refractivity contribution < 1.29 is 28.2 Å². The van der Waals surface area contributed by atoms with Crippen molar-refractivity contribution in [1.29, 1.82) is 0 Å². The molecular formula is C44H50ClF2N11O5. The maximum absolute atomic E-state index is 15.2. The van der Waals surface area contributed by atoms with E-state index in [4.69, 9.17) is 26.4 Å². The van der Waals surface area contributed by atoms with Gasteiger partial charge in [0.25, 0.3) is 5.56 Å². The van der Waals surface area contributed by atoms with E-state index in [2.05, 4.69) is 47.8 Å². The Balaban J connectivity index is 0.788. The van der Waals surface area contributed by atoms with Crippen molar-refractivity contribution in [3.63, 3.8) is 0 Å². The number of hydrogen-bond donors (Lipinski definition) is 4. The topological polar surface area (TPSA) is 175 Å². The molecule has 2 amide bonds. The third-order valence-corrected chi connectivity index (χ3v) is 13.9. The Morgan fingerprint density at radius 2 is 1.78 bits per heavy atom. The molecule has 0 radical (unpaired) electrons. The number of alkyl halides is 2. The number of aromatic nitrogens is 5. The third-order valence-electron chi connectivity index (χ3n) is 13.6. The maximum Gasteiger partial charge on any atom is 0.301 e. The van der Waals surface area contributed by atoms with Gasteiger partial charge in [0, 0.05) is 81.9 Å². The Morgan fingerprint density at radius 1 is 0.968 bits per heavy atom. The number of pyridine rings is 1. The molecule has 2 aromatic carbocycles. The second-order valence-electron chi connectivity index (χ2n) is 17.7. The monoisotopic (exact) mass is 885 g/mol. The number of halogens is 3.